The minimum Gasteiger partial charge on any atom is -0.292 e. The van der Waals surface area contributed by atoms with Crippen LogP contribution in [0.1, 0.15) is 0 Å². The molecule has 0 N–H and O–H groups in total. The van der Waals surface area contributed by atoms with Crippen LogP contribution in [0.4, 0.5) is 0 Å². The zero-order valence-corrected chi connectivity index (χ0v) is 30.0. The van der Waals surface area contributed by atoms with Gasteiger partial charge in [0.25, 0.3) is 0 Å². The van der Waals surface area contributed by atoms with Gasteiger partial charge in [-0.05, 0) is 101 Å². The SMILES string of the molecule is c1ccc(-c2c3ccccc3c(-c3c4ccccc4c(-c4ccc(-c5nc6ccccc6n5-c5ccccc5)cc4)c4ccccc34)c3ccccc23)cc1. The first-order valence-corrected chi connectivity index (χ1v) is 18.9. The van der Waals surface area contributed by atoms with Gasteiger partial charge in [-0.1, -0.05) is 182 Å². The molecule has 0 aliphatic rings. The van der Waals surface area contributed by atoms with E-state index in [1.54, 1.807) is 0 Å². The van der Waals surface area contributed by atoms with Crippen molar-refractivity contribution in [2.45, 2.75) is 0 Å². The number of para-hydroxylation sites is 3. The Kier molecular flexibility index (Phi) is 7.21. The van der Waals surface area contributed by atoms with E-state index in [4.69, 9.17) is 4.98 Å². The third-order valence-electron chi connectivity index (χ3n) is 11.2. The molecule has 1 heterocycles. The van der Waals surface area contributed by atoms with Crippen molar-refractivity contribution >= 4 is 54.1 Å². The van der Waals surface area contributed by atoms with Crippen molar-refractivity contribution in [3.05, 3.63) is 206 Å². The molecule has 0 radical (unpaired) electrons. The molecule has 0 saturated carbocycles. The highest BCUT2D eigenvalue weighted by Gasteiger charge is 2.22. The van der Waals surface area contributed by atoms with Crippen molar-refractivity contribution in [3.63, 3.8) is 0 Å². The highest BCUT2D eigenvalue weighted by atomic mass is 15.1. The van der Waals surface area contributed by atoms with Crippen molar-refractivity contribution in [1.29, 1.82) is 0 Å². The van der Waals surface area contributed by atoms with Gasteiger partial charge in [-0.15, -0.1) is 0 Å². The van der Waals surface area contributed by atoms with Crippen LogP contribution < -0.4 is 0 Å². The van der Waals surface area contributed by atoms with E-state index in [2.05, 4.69) is 211 Å². The number of rotatable bonds is 5. The molecule has 2 nitrogen and oxygen atoms in total. The van der Waals surface area contributed by atoms with Gasteiger partial charge in [-0.3, -0.25) is 4.57 Å². The summed E-state index contributed by atoms with van der Waals surface area (Å²) in [5.74, 6) is 0.932. The van der Waals surface area contributed by atoms with E-state index in [0.717, 1.165) is 28.1 Å². The Balaban J connectivity index is 1.17. The van der Waals surface area contributed by atoms with E-state index < -0.39 is 0 Å². The average Bonchev–Trinajstić information content (AvgIpc) is 3.65. The van der Waals surface area contributed by atoms with Crippen LogP contribution >= 0.6 is 0 Å². The number of hydrogen-bond acceptors (Lipinski definition) is 1. The topological polar surface area (TPSA) is 17.8 Å². The average molecular weight is 699 g/mol. The second kappa shape index (κ2) is 12.7. The molecule has 1 aromatic heterocycles. The summed E-state index contributed by atoms with van der Waals surface area (Å²) in [6.07, 6.45) is 0. The van der Waals surface area contributed by atoms with Gasteiger partial charge in [0.15, 0.2) is 0 Å². The third kappa shape index (κ3) is 4.92. The minimum absolute atomic E-state index is 0.932. The molecule has 0 bridgehead atoms. The summed E-state index contributed by atoms with van der Waals surface area (Å²) in [6.45, 7) is 0. The van der Waals surface area contributed by atoms with Gasteiger partial charge in [-0.2, -0.15) is 0 Å². The van der Waals surface area contributed by atoms with Gasteiger partial charge in [0.1, 0.15) is 5.82 Å². The molecule has 0 atom stereocenters. The van der Waals surface area contributed by atoms with Gasteiger partial charge in [0, 0.05) is 11.3 Å². The molecule has 2 heteroatoms. The molecule has 0 spiro atoms. The lowest BCUT2D eigenvalue weighted by Crippen LogP contribution is -1.97. The van der Waals surface area contributed by atoms with Gasteiger partial charge in [-0.25, -0.2) is 4.98 Å². The lowest BCUT2D eigenvalue weighted by molar-refractivity contribution is 1.10. The lowest BCUT2D eigenvalue weighted by atomic mass is 9.81. The highest BCUT2D eigenvalue weighted by molar-refractivity contribution is 6.29. The van der Waals surface area contributed by atoms with E-state index >= 15 is 0 Å². The van der Waals surface area contributed by atoms with E-state index in [1.165, 1.54) is 76.5 Å². The van der Waals surface area contributed by atoms with Crippen LogP contribution in [0.2, 0.25) is 0 Å². The standard InChI is InChI=1S/C53H34N2/c1-3-17-35(18-4-1)49-39-21-7-11-25-43(39)51(44-26-12-8-22-40(44)49)52-45-27-13-9-23-41(45)50(42-24-10-14-28-46(42)52)36-31-33-37(34-32-36)53-54-47-29-15-16-30-48(47)55(53)38-19-5-2-6-20-38/h1-34H. The molecular weight excluding hydrogens is 665 g/mol. The summed E-state index contributed by atoms with van der Waals surface area (Å²) < 4.78 is 2.27. The maximum absolute atomic E-state index is 5.14. The molecular formula is C53H34N2. The van der Waals surface area contributed by atoms with E-state index in [0.29, 0.717) is 0 Å². The van der Waals surface area contributed by atoms with Crippen molar-refractivity contribution < 1.29 is 0 Å². The molecule has 0 fully saturated rings. The lowest BCUT2D eigenvalue weighted by Gasteiger charge is -2.22. The Morgan fingerprint density at radius 3 is 1.09 bits per heavy atom. The largest absolute Gasteiger partial charge is 0.292 e. The zero-order valence-electron chi connectivity index (χ0n) is 30.0. The maximum Gasteiger partial charge on any atom is 0.145 e. The van der Waals surface area contributed by atoms with Crippen LogP contribution in [-0.2, 0) is 0 Å². The number of imidazole rings is 1. The van der Waals surface area contributed by atoms with Gasteiger partial charge >= 0.3 is 0 Å². The quantitative estimate of drug-likeness (QED) is 0.164. The highest BCUT2D eigenvalue weighted by Crippen LogP contribution is 2.50. The Hall–Kier alpha value is -7.29. The monoisotopic (exact) mass is 698 g/mol. The zero-order chi connectivity index (χ0) is 36.3. The van der Waals surface area contributed by atoms with E-state index in [1.807, 2.05) is 0 Å². The number of hydrogen-bond donors (Lipinski definition) is 0. The van der Waals surface area contributed by atoms with Gasteiger partial charge in [0.2, 0.25) is 0 Å². The fourth-order valence-electron chi connectivity index (χ4n) is 8.87. The number of nitrogens with zero attached hydrogens (tertiary/aromatic N) is 2. The summed E-state index contributed by atoms with van der Waals surface area (Å²) in [7, 11) is 0. The second-order valence-electron chi connectivity index (χ2n) is 14.2. The summed E-state index contributed by atoms with van der Waals surface area (Å²) in [5.41, 5.74) is 11.7. The minimum atomic E-state index is 0.932. The Bertz CT molecular complexity index is 3120. The fourth-order valence-corrected chi connectivity index (χ4v) is 8.87. The predicted molar refractivity (Wildman–Crippen MR) is 233 cm³/mol. The van der Waals surface area contributed by atoms with Crippen molar-refractivity contribution in [3.8, 4) is 50.5 Å². The predicted octanol–water partition coefficient (Wildman–Crippen LogP) is 14.3. The van der Waals surface area contributed by atoms with Crippen LogP contribution in [-0.4, -0.2) is 9.55 Å². The number of benzene rings is 10. The van der Waals surface area contributed by atoms with Gasteiger partial charge < -0.3 is 0 Å². The first-order valence-electron chi connectivity index (χ1n) is 18.9. The first kappa shape index (κ1) is 31.3. The third-order valence-corrected chi connectivity index (χ3v) is 11.2. The smallest absolute Gasteiger partial charge is 0.145 e. The molecule has 0 aliphatic heterocycles. The summed E-state index contributed by atoms with van der Waals surface area (Å²) in [4.78, 5) is 5.14. The van der Waals surface area contributed by atoms with Crippen molar-refractivity contribution in [2.24, 2.45) is 0 Å². The first-order chi connectivity index (χ1) is 27.3. The van der Waals surface area contributed by atoms with Crippen LogP contribution in [0, 0.1) is 0 Å². The maximum atomic E-state index is 5.14. The molecule has 11 aromatic rings. The normalized spacial score (nSPS) is 11.6. The van der Waals surface area contributed by atoms with Crippen molar-refractivity contribution in [1.82, 2.24) is 9.55 Å². The van der Waals surface area contributed by atoms with Crippen LogP contribution in [0.3, 0.4) is 0 Å². The molecule has 0 aliphatic carbocycles. The van der Waals surface area contributed by atoms with Gasteiger partial charge in [0.05, 0.1) is 11.0 Å². The summed E-state index contributed by atoms with van der Waals surface area (Å²) >= 11 is 0. The van der Waals surface area contributed by atoms with E-state index in [-0.39, 0.29) is 0 Å². The Labute approximate surface area is 319 Å². The molecule has 0 unspecified atom stereocenters. The van der Waals surface area contributed by atoms with Crippen LogP contribution in [0.15, 0.2) is 206 Å². The van der Waals surface area contributed by atoms with Crippen molar-refractivity contribution in [2.75, 3.05) is 0 Å². The second-order valence-corrected chi connectivity index (χ2v) is 14.2. The molecule has 0 amide bonds. The summed E-state index contributed by atoms with van der Waals surface area (Å²) in [6, 6.07) is 74.6. The fraction of sp³-hybridized carbons (Fsp3) is 0. The molecule has 10 aromatic carbocycles. The number of aromatic nitrogens is 2. The Morgan fingerprint density at radius 1 is 0.273 bits per heavy atom. The molecule has 0 saturated heterocycles. The summed E-state index contributed by atoms with van der Waals surface area (Å²) in [5, 5.41) is 10.0. The molecule has 256 valence electrons. The van der Waals surface area contributed by atoms with Crippen LogP contribution in [0.5, 0.6) is 0 Å². The molecule has 55 heavy (non-hydrogen) atoms. The van der Waals surface area contributed by atoms with E-state index in [9.17, 15) is 0 Å². The molecule has 11 rings (SSSR count). The number of fused-ring (bicyclic) bond motifs is 5. The Morgan fingerprint density at radius 2 is 0.618 bits per heavy atom. The van der Waals surface area contributed by atoms with Crippen LogP contribution in [0.25, 0.3) is 105 Å².